The highest BCUT2D eigenvalue weighted by Gasteiger charge is 2.29. The van der Waals surface area contributed by atoms with Gasteiger partial charge in [0, 0.05) is 49.1 Å². The molecular weight excluding hydrogens is 411 g/mol. The summed E-state index contributed by atoms with van der Waals surface area (Å²) in [4.78, 5) is 29.5. The lowest BCUT2D eigenvalue weighted by Crippen LogP contribution is -2.39. The van der Waals surface area contributed by atoms with Crippen LogP contribution in [0.4, 0.5) is 4.39 Å². The molecule has 2 aliphatic rings. The van der Waals surface area contributed by atoms with E-state index >= 15 is 0 Å². The largest absolute Gasteiger partial charge is 0.339 e. The van der Waals surface area contributed by atoms with Crippen LogP contribution in [0.5, 0.6) is 0 Å². The maximum absolute atomic E-state index is 13.7. The second kappa shape index (κ2) is 8.16. The van der Waals surface area contributed by atoms with Crippen molar-refractivity contribution in [1.82, 2.24) is 30.0 Å². The molecule has 10 heteroatoms. The van der Waals surface area contributed by atoms with E-state index in [0.717, 1.165) is 44.1 Å². The van der Waals surface area contributed by atoms with Gasteiger partial charge in [0.15, 0.2) is 0 Å². The van der Waals surface area contributed by atoms with Crippen molar-refractivity contribution < 1.29 is 9.18 Å². The van der Waals surface area contributed by atoms with Crippen molar-refractivity contribution in [3.8, 4) is 0 Å². The number of aromatic amines is 1. The van der Waals surface area contributed by atoms with Crippen molar-refractivity contribution in [3.05, 3.63) is 57.6 Å². The van der Waals surface area contributed by atoms with Gasteiger partial charge in [-0.05, 0) is 31.0 Å². The number of aromatic nitrogens is 4. The van der Waals surface area contributed by atoms with Gasteiger partial charge in [-0.3, -0.25) is 9.59 Å². The van der Waals surface area contributed by atoms with Gasteiger partial charge in [-0.1, -0.05) is 0 Å². The van der Waals surface area contributed by atoms with E-state index in [1.165, 1.54) is 24.3 Å². The number of nitrogens with one attached hydrogen (secondary N) is 2. The summed E-state index contributed by atoms with van der Waals surface area (Å²) in [5, 5.41) is 12.4. The SMILES string of the molecule is Cl.O=C(c1cc(=O)[nH]c2ccc(F)cc12)N1CCC(c2nnc3n2CCNC3)CC1. The number of hydrogen-bond acceptors (Lipinski definition) is 5. The summed E-state index contributed by atoms with van der Waals surface area (Å²) in [6.45, 7) is 3.63. The number of nitrogens with zero attached hydrogens (tertiary/aromatic N) is 4. The number of fused-ring (bicyclic) bond motifs is 2. The van der Waals surface area contributed by atoms with Crippen LogP contribution >= 0.6 is 12.4 Å². The molecule has 1 fully saturated rings. The fraction of sp³-hybridized carbons (Fsp3) is 0.400. The Balaban J connectivity index is 0.00000218. The Bertz CT molecular complexity index is 1150. The number of piperidine rings is 1. The summed E-state index contributed by atoms with van der Waals surface area (Å²) in [5.41, 5.74) is 0.333. The first-order chi connectivity index (χ1) is 14.1. The van der Waals surface area contributed by atoms with Crippen LogP contribution < -0.4 is 10.9 Å². The van der Waals surface area contributed by atoms with Crippen molar-refractivity contribution in [3.63, 3.8) is 0 Å². The molecule has 4 heterocycles. The first kappa shape index (κ1) is 20.5. The Morgan fingerprint density at radius 2 is 1.93 bits per heavy atom. The minimum Gasteiger partial charge on any atom is -0.339 e. The van der Waals surface area contributed by atoms with E-state index in [1.807, 2.05) is 0 Å². The first-order valence-corrected chi connectivity index (χ1v) is 9.85. The zero-order valence-corrected chi connectivity index (χ0v) is 17.0. The van der Waals surface area contributed by atoms with Gasteiger partial charge in [-0.2, -0.15) is 0 Å². The molecule has 3 aromatic rings. The number of carbonyl (C=O) groups excluding carboxylic acids is 1. The Morgan fingerprint density at radius 1 is 1.13 bits per heavy atom. The highest BCUT2D eigenvalue weighted by Crippen LogP contribution is 2.29. The molecule has 2 N–H and O–H groups in total. The second-order valence-electron chi connectivity index (χ2n) is 7.61. The molecule has 2 aliphatic heterocycles. The van der Waals surface area contributed by atoms with Gasteiger partial charge in [-0.15, -0.1) is 22.6 Å². The van der Waals surface area contributed by atoms with Crippen molar-refractivity contribution in [2.45, 2.75) is 31.8 Å². The summed E-state index contributed by atoms with van der Waals surface area (Å²) >= 11 is 0. The number of pyridine rings is 1. The lowest BCUT2D eigenvalue weighted by Gasteiger charge is -2.32. The molecule has 5 rings (SSSR count). The maximum Gasteiger partial charge on any atom is 0.254 e. The third-order valence-electron chi connectivity index (χ3n) is 5.83. The fourth-order valence-corrected chi connectivity index (χ4v) is 4.33. The van der Waals surface area contributed by atoms with E-state index < -0.39 is 5.82 Å². The first-order valence-electron chi connectivity index (χ1n) is 9.85. The third-order valence-corrected chi connectivity index (χ3v) is 5.83. The zero-order chi connectivity index (χ0) is 20.0. The standard InChI is InChI=1S/C20H21FN6O2.ClH/c21-13-1-2-16-14(9-13)15(10-18(28)23-16)20(29)26-6-3-12(4-7-26)19-25-24-17-11-22-5-8-27(17)19;/h1-2,9-10,12,22H,3-8,11H2,(H,23,28);1H. The van der Waals surface area contributed by atoms with Crippen molar-refractivity contribution in [2.24, 2.45) is 0 Å². The van der Waals surface area contributed by atoms with E-state index in [0.29, 0.717) is 24.0 Å². The lowest BCUT2D eigenvalue weighted by molar-refractivity contribution is 0.0712. The van der Waals surface area contributed by atoms with E-state index in [1.54, 1.807) is 4.90 Å². The van der Waals surface area contributed by atoms with Crippen LogP contribution in [0.1, 0.15) is 40.8 Å². The molecule has 0 bridgehead atoms. The highest BCUT2D eigenvalue weighted by atomic mass is 35.5. The second-order valence-corrected chi connectivity index (χ2v) is 7.61. The predicted octanol–water partition coefficient (Wildman–Crippen LogP) is 1.80. The van der Waals surface area contributed by atoms with E-state index in [-0.39, 0.29) is 35.4 Å². The maximum atomic E-state index is 13.7. The van der Waals surface area contributed by atoms with E-state index in [4.69, 9.17) is 0 Å². The van der Waals surface area contributed by atoms with Gasteiger partial charge >= 0.3 is 0 Å². The topological polar surface area (TPSA) is 95.9 Å². The smallest absolute Gasteiger partial charge is 0.254 e. The van der Waals surface area contributed by atoms with Crippen LogP contribution in [0.15, 0.2) is 29.1 Å². The van der Waals surface area contributed by atoms with Crippen molar-refractivity contribution in [2.75, 3.05) is 19.6 Å². The van der Waals surface area contributed by atoms with Crippen LogP contribution in [0.3, 0.4) is 0 Å². The molecule has 158 valence electrons. The van der Waals surface area contributed by atoms with Crippen LogP contribution in [0.25, 0.3) is 10.9 Å². The summed E-state index contributed by atoms with van der Waals surface area (Å²) in [5.74, 6) is 1.53. The van der Waals surface area contributed by atoms with Crippen molar-refractivity contribution >= 4 is 29.2 Å². The molecular formula is C20H22ClFN6O2. The number of rotatable bonds is 2. The Morgan fingerprint density at radius 3 is 2.73 bits per heavy atom. The number of hydrogen-bond donors (Lipinski definition) is 2. The van der Waals surface area contributed by atoms with Gasteiger partial charge in [0.25, 0.3) is 5.91 Å². The molecule has 0 atom stereocenters. The zero-order valence-electron chi connectivity index (χ0n) is 16.2. The van der Waals surface area contributed by atoms with Crippen LogP contribution in [0, 0.1) is 5.82 Å². The van der Waals surface area contributed by atoms with Gasteiger partial charge in [0.05, 0.1) is 12.1 Å². The molecule has 0 aliphatic carbocycles. The molecule has 0 unspecified atom stereocenters. The number of amides is 1. The highest BCUT2D eigenvalue weighted by molar-refractivity contribution is 6.06. The Kier molecular flexibility index (Phi) is 5.57. The average Bonchev–Trinajstić information content (AvgIpc) is 3.17. The quantitative estimate of drug-likeness (QED) is 0.643. The normalized spacial score (nSPS) is 16.9. The van der Waals surface area contributed by atoms with Gasteiger partial charge in [0.2, 0.25) is 5.56 Å². The Labute approximate surface area is 177 Å². The summed E-state index contributed by atoms with van der Waals surface area (Å²) in [6.07, 6.45) is 1.57. The van der Waals surface area contributed by atoms with Crippen LogP contribution in [-0.2, 0) is 13.1 Å². The van der Waals surface area contributed by atoms with Gasteiger partial charge in [0.1, 0.15) is 17.5 Å². The number of benzene rings is 1. The lowest BCUT2D eigenvalue weighted by atomic mass is 9.95. The van der Waals surface area contributed by atoms with E-state index in [9.17, 15) is 14.0 Å². The summed E-state index contributed by atoms with van der Waals surface area (Å²) in [6, 6.07) is 5.31. The third kappa shape index (κ3) is 3.59. The molecule has 0 spiro atoms. The number of carbonyl (C=O) groups is 1. The molecule has 1 aromatic carbocycles. The van der Waals surface area contributed by atoms with E-state index in [2.05, 4.69) is 25.1 Å². The molecule has 30 heavy (non-hydrogen) atoms. The monoisotopic (exact) mass is 432 g/mol. The Hall–Kier alpha value is -2.78. The van der Waals surface area contributed by atoms with Crippen molar-refractivity contribution in [1.29, 1.82) is 0 Å². The summed E-state index contributed by atoms with van der Waals surface area (Å²) < 4.78 is 15.9. The van der Waals surface area contributed by atoms with Gasteiger partial charge in [-0.25, -0.2) is 4.39 Å². The van der Waals surface area contributed by atoms with Gasteiger partial charge < -0.3 is 19.8 Å². The molecule has 1 amide bonds. The number of H-pyrrole nitrogens is 1. The average molecular weight is 433 g/mol. The summed E-state index contributed by atoms with van der Waals surface area (Å²) in [7, 11) is 0. The molecule has 2 aromatic heterocycles. The van der Waals surface area contributed by atoms with Crippen LogP contribution in [-0.4, -0.2) is 50.2 Å². The predicted molar refractivity (Wildman–Crippen MR) is 111 cm³/mol. The van der Waals surface area contributed by atoms with Crippen LogP contribution in [0.2, 0.25) is 0 Å². The molecule has 8 nitrogen and oxygen atoms in total. The minimum atomic E-state index is -0.441. The molecule has 0 radical (unpaired) electrons. The molecule has 1 saturated heterocycles. The fourth-order valence-electron chi connectivity index (χ4n) is 4.33. The number of likely N-dealkylation sites (tertiary alicyclic amines) is 1. The molecule has 0 saturated carbocycles. The minimum absolute atomic E-state index is 0. The number of halogens is 2.